The number of aryl methyl sites for hydroxylation is 1. The Morgan fingerprint density at radius 2 is 2.08 bits per heavy atom. The van der Waals surface area contributed by atoms with Gasteiger partial charge in [-0.2, -0.15) is 0 Å². The average molecular weight is 180 g/mol. The monoisotopic (exact) mass is 180 g/mol. The van der Waals surface area contributed by atoms with E-state index in [0.29, 0.717) is 0 Å². The summed E-state index contributed by atoms with van der Waals surface area (Å²) in [6.45, 7) is 1.80. The van der Waals surface area contributed by atoms with E-state index < -0.39 is 0 Å². The highest BCUT2D eigenvalue weighted by molar-refractivity contribution is 5.33. The van der Waals surface area contributed by atoms with Gasteiger partial charge < -0.3 is 9.84 Å². The predicted molar refractivity (Wildman–Crippen MR) is 53.0 cm³/mol. The molecule has 0 amide bonds. The van der Waals surface area contributed by atoms with Gasteiger partial charge in [-0.25, -0.2) is 0 Å². The summed E-state index contributed by atoms with van der Waals surface area (Å²) in [6.07, 6.45) is 1.40. The molecule has 1 aromatic rings. The Balaban J connectivity index is 2.64. The number of aliphatic hydroxyl groups excluding tert-OH is 1. The molecule has 0 spiro atoms. The van der Waals surface area contributed by atoms with E-state index in [1.54, 1.807) is 14.0 Å². The molecule has 0 fully saturated rings. The van der Waals surface area contributed by atoms with Gasteiger partial charge in [0.05, 0.1) is 13.2 Å². The summed E-state index contributed by atoms with van der Waals surface area (Å²) in [5.74, 6) is 0.906. The molecule has 13 heavy (non-hydrogen) atoms. The predicted octanol–water partition coefficient (Wildman–Crippen LogP) is 2.01. The lowest BCUT2D eigenvalue weighted by Crippen LogP contribution is -2.02. The van der Waals surface area contributed by atoms with E-state index in [1.807, 2.05) is 24.3 Å². The fourth-order valence-corrected chi connectivity index (χ4v) is 1.27. The van der Waals surface area contributed by atoms with Gasteiger partial charge in [0.1, 0.15) is 5.75 Å². The fraction of sp³-hybridized carbons (Fsp3) is 0.455. The van der Waals surface area contributed by atoms with Crippen LogP contribution in [0.2, 0.25) is 0 Å². The molecule has 1 atom stereocenters. The van der Waals surface area contributed by atoms with Gasteiger partial charge in [0.25, 0.3) is 0 Å². The zero-order chi connectivity index (χ0) is 9.68. The first kappa shape index (κ1) is 10.1. The van der Waals surface area contributed by atoms with E-state index in [0.717, 1.165) is 24.2 Å². The Morgan fingerprint density at radius 3 is 2.69 bits per heavy atom. The summed E-state index contributed by atoms with van der Waals surface area (Å²) in [4.78, 5) is 0. The second-order valence-corrected chi connectivity index (χ2v) is 3.20. The van der Waals surface area contributed by atoms with Crippen LogP contribution in [-0.2, 0) is 6.42 Å². The third-order valence-electron chi connectivity index (χ3n) is 2.02. The van der Waals surface area contributed by atoms with Gasteiger partial charge in [-0.3, -0.25) is 0 Å². The van der Waals surface area contributed by atoms with Crippen LogP contribution in [0.3, 0.4) is 0 Å². The Morgan fingerprint density at radius 1 is 1.38 bits per heavy atom. The van der Waals surface area contributed by atoms with Crippen molar-refractivity contribution in [2.45, 2.75) is 25.9 Å². The smallest absolute Gasteiger partial charge is 0.122 e. The van der Waals surface area contributed by atoms with Crippen LogP contribution >= 0.6 is 0 Å². The largest absolute Gasteiger partial charge is 0.496 e. The maximum Gasteiger partial charge on any atom is 0.122 e. The van der Waals surface area contributed by atoms with Crippen LogP contribution in [0.5, 0.6) is 5.75 Å². The molecule has 0 aliphatic rings. The second kappa shape index (κ2) is 4.87. The van der Waals surface area contributed by atoms with E-state index in [2.05, 4.69) is 0 Å². The normalized spacial score (nSPS) is 12.5. The number of methoxy groups -OCH3 is 1. The number of para-hydroxylation sites is 1. The number of hydrogen-bond acceptors (Lipinski definition) is 2. The zero-order valence-electron chi connectivity index (χ0n) is 8.16. The molecular formula is C11H16O2. The number of ether oxygens (including phenoxy) is 1. The van der Waals surface area contributed by atoms with Gasteiger partial charge in [0, 0.05) is 0 Å². The zero-order valence-corrected chi connectivity index (χ0v) is 8.16. The highest BCUT2D eigenvalue weighted by Crippen LogP contribution is 2.19. The highest BCUT2D eigenvalue weighted by Gasteiger charge is 2.02. The minimum atomic E-state index is -0.245. The summed E-state index contributed by atoms with van der Waals surface area (Å²) in [7, 11) is 1.67. The van der Waals surface area contributed by atoms with Crippen molar-refractivity contribution in [3.8, 4) is 5.75 Å². The molecule has 0 bridgehead atoms. The van der Waals surface area contributed by atoms with Gasteiger partial charge in [0.15, 0.2) is 0 Å². The maximum atomic E-state index is 9.14. The third-order valence-corrected chi connectivity index (χ3v) is 2.02. The van der Waals surface area contributed by atoms with Crippen LogP contribution in [0, 0.1) is 0 Å². The van der Waals surface area contributed by atoms with Crippen LogP contribution in [0.1, 0.15) is 18.9 Å². The molecular weight excluding hydrogens is 164 g/mol. The number of benzene rings is 1. The van der Waals surface area contributed by atoms with Crippen molar-refractivity contribution in [3.05, 3.63) is 29.8 Å². The first-order valence-corrected chi connectivity index (χ1v) is 4.54. The lowest BCUT2D eigenvalue weighted by Gasteiger charge is -2.08. The summed E-state index contributed by atoms with van der Waals surface area (Å²) in [5, 5.41) is 9.14. The summed E-state index contributed by atoms with van der Waals surface area (Å²) >= 11 is 0. The molecule has 1 N–H and O–H groups in total. The molecule has 72 valence electrons. The van der Waals surface area contributed by atoms with Crippen LogP contribution < -0.4 is 4.74 Å². The Labute approximate surface area is 79.2 Å². The van der Waals surface area contributed by atoms with Crippen molar-refractivity contribution in [3.63, 3.8) is 0 Å². The van der Waals surface area contributed by atoms with Crippen LogP contribution in [0.25, 0.3) is 0 Å². The van der Waals surface area contributed by atoms with Crippen molar-refractivity contribution in [2.24, 2.45) is 0 Å². The maximum absolute atomic E-state index is 9.14. The van der Waals surface area contributed by atoms with E-state index in [-0.39, 0.29) is 6.10 Å². The second-order valence-electron chi connectivity index (χ2n) is 3.20. The van der Waals surface area contributed by atoms with Crippen molar-refractivity contribution in [1.82, 2.24) is 0 Å². The quantitative estimate of drug-likeness (QED) is 0.768. The SMILES string of the molecule is COc1ccccc1CC[C@@H](C)O. The molecule has 0 radical (unpaired) electrons. The van der Waals surface area contributed by atoms with Crippen molar-refractivity contribution < 1.29 is 9.84 Å². The molecule has 2 heteroatoms. The molecule has 0 aromatic heterocycles. The van der Waals surface area contributed by atoms with Gasteiger partial charge in [0.2, 0.25) is 0 Å². The van der Waals surface area contributed by atoms with Crippen molar-refractivity contribution >= 4 is 0 Å². The first-order valence-electron chi connectivity index (χ1n) is 4.54. The molecule has 0 aliphatic carbocycles. The summed E-state index contributed by atoms with van der Waals surface area (Å²) in [5.41, 5.74) is 1.16. The Hall–Kier alpha value is -1.02. The molecule has 0 saturated heterocycles. The first-order chi connectivity index (χ1) is 6.24. The van der Waals surface area contributed by atoms with E-state index in [9.17, 15) is 0 Å². The molecule has 0 unspecified atom stereocenters. The van der Waals surface area contributed by atoms with E-state index in [4.69, 9.17) is 9.84 Å². The van der Waals surface area contributed by atoms with E-state index >= 15 is 0 Å². The average Bonchev–Trinajstić information content (AvgIpc) is 2.15. The van der Waals surface area contributed by atoms with Crippen molar-refractivity contribution in [2.75, 3.05) is 7.11 Å². The van der Waals surface area contributed by atoms with Crippen LogP contribution in [-0.4, -0.2) is 18.3 Å². The molecule has 0 heterocycles. The summed E-state index contributed by atoms with van der Waals surface area (Å²) < 4.78 is 5.20. The minimum absolute atomic E-state index is 0.245. The number of rotatable bonds is 4. The van der Waals surface area contributed by atoms with Crippen LogP contribution in [0.15, 0.2) is 24.3 Å². The van der Waals surface area contributed by atoms with Crippen LogP contribution in [0.4, 0.5) is 0 Å². The number of hydrogen-bond donors (Lipinski definition) is 1. The molecule has 2 nitrogen and oxygen atoms in total. The van der Waals surface area contributed by atoms with Gasteiger partial charge in [-0.05, 0) is 31.4 Å². The molecule has 0 saturated carbocycles. The molecule has 1 rings (SSSR count). The van der Waals surface area contributed by atoms with Gasteiger partial charge in [-0.1, -0.05) is 18.2 Å². The lowest BCUT2D eigenvalue weighted by atomic mass is 10.1. The Kier molecular flexibility index (Phi) is 3.77. The third kappa shape index (κ3) is 3.07. The van der Waals surface area contributed by atoms with E-state index in [1.165, 1.54) is 0 Å². The Bertz CT molecular complexity index is 256. The highest BCUT2D eigenvalue weighted by atomic mass is 16.5. The number of aliphatic hydroxyl groups is 1. The topological polar surface area (TPSA) is 29.5 Å². The lowest BCUT2D eigenvalue weighted by molar-refractivity contribution is 0.184. The minimum Gasteiger partial charge on any atom is -0.496 e. The van der Waals surface area contributed by atoms with Gasteiger partial charge >= 0.3 is 0 Å². The van der Waals surface area contributed by atoms with Gasteiger partial charge in [-0.15, -0.1) is 0 Å². The molecule has 0 aliphatic heterocycles. The standard InChI is InChI=1S/C11H16O2/c1-9(12)7-8-10-5-3-4-6-11(10)13-2/h3-6,9,12H,7-8H2,1-2H3/t9-/m1/s1. The molecule has 1 aromatic carbocycles. The summed E-state index contributed by atoms with van der Waals surface area (Å²) in [6, 6.07) is 7.91. The van der Waals surface area contributed by atoms with Crippen molar-refractivity contribution in [1.29, 1.82) is 0 Å². The fourth-order valence-electron chi connectivity index (χ4n) is 1.27.